The number of aryl methyl sites for hydroxylation is 1. The molecule has 0 saturated heterocycles. The van der Waals surface area contributed by atoms with E-state index in [0.717, 1.165) is 20.7 Å². The lowest BCUT2D eigenvalue weighted by Gasteiger charge is -2.05. The van der Waals surface area contributed by atoms with Crippen LogP contribution in [0.1, 0.15) is 5.56 Å². The number of hydrogen-bond acceptors (Lipinski definition) is 5. The maximum atomic E-state index is 11.9. The predicted octanol–water partition coefficient (Wildman–Crippen LogP) is 3.84. The molecule has 3 rings (SSSR count). The van der Waals surface area contributed by atoms with Gasteiger partial charge in [0.1, 0.15) is 0 Å². The highest BCUT2D eigenvalue weighted by Gasteiger charge is 2.07. The molecule has 0 spiro atoms. The molecular weight excluding hydrogens is 314 g/mol. The minimum atomic E-state index is -0.0789. The van der Waals surface area contributed by atoms with Gasteiger partial charge in [-0.15, -0.1) is 11.8 Å². The molecule has 0 aliphatic carbocycles. The molecule has 4 nitrogen and oxygen atoms in total. The van der Waals surface area contributed by atoms with Gasteiger partial charge in [-0.1, -0.05) is 41.7 Å². The first-order valence-electron chi connectivity index (χ1n) is 6.81. The number of thioether (sulfide) groups is 1. The molecule has 2 aromatic carbocycles. The van der Waals surface area contributed by atoms with Crippen LogP contribution in [0, 0.1) is 6.92 Å². The lowest BCUT2D eigenvalue weighted by molar-refractivity contribution is -0.118. The molecule has 6 heteroatoms. The Labute approximate surface area is 136 Å². The lowest BCUT2D eigenvalue weighted by Crippen LogP contribution is -2.30. The van der Waals surface area contributed by atoms with Crippen molar-refractivity contribution in [3.05, 3.63) is 54.1 Å². The topological polar surface area (TPSA) is 54.0 Å². The van der Waals surface area contributed by atoms with Gasteiger partial charge in [-0.2, -0.15) is 0 Å². The Morgan fingerprint density at radius 2 is 2.00 bits per heavy atom. The number of aromatic nitrogens is 1. The minimum Gasteiger partial charge on any atom is -0.273 e. The van der Waals surface area contributed by atoms with Crippen LogP contribution in [0.3, 0.4) is 0 Å². The second-order valence-corrected chi connectivity index (χ2v) is 6.79. The summed E-state index contributed by atoms with van der Waals surface area (Å²) in [6.07, 6.45) is 0. The number of hydrogen-bond donors (Lipinski definition) is 2. The van der Waals surface area contributed by atoms with Crippen molar-refractivity contribution in [1.82, 2.24) is 10.4 Å². The molecule has 0 saturated carbocycles. The van der Waals surface area contributed by atoms with E-state index in [1.165, 1.54) is 23.1 Å². The number of nitrogens with zero attached hydrogens (tertiary/aromatic N) is 1. The van der Waals surface area contributed by atoms with Crippen LogP contribution in [0.25, 0.3) is 10.2 Å². The Morgan fingerprint density at radius 3 is 2.77 bits per heavy atom. The molecular formula is C16H15N3OS2. The maximum absolute atomic E-state index is 11.9. The fourth-order valence-electron chi connectivity index (χ4n) is 1.96. The summed E-state index contributed by atoms with van der Waals surface area (Å²) < 4.78 is 1.11. The standard InChI is InChI=1S/C16H15N3OS2/c1-11-6-5-9-13-15(11)17-16(22-13)19-18-14(20)10-21-12-7-3-2-4-8-12/h2-9H,10H2,1H3,(H,17,19)(H,18,20). The van der Waals surface area contributed by atoms with Crippen LogP contribution < -0.4 is 10.9 Å². The lowest BCUT2D eigenvalue weighted by atomic mass is 10.2. The van der Waals surface area contributed by atoms with Crippen LogP contribution in [0.4, 0.5) is 5.13 Å². The zero-order valence-electron chi connectivity index (χ0n) is 12.0. The van der Waals surface area contributed by atoms with Gasteiger partial charge in [-0.3, -0.25) is 15.6 Å². The van der Waals surface area contributed by atoms with Crippen molar-refractivity contribution in [3.63, 3.8) is 0 Å². The molecule has 1 heterocycles. The van der Waals surface area contributed by atoms with Crippen molar-refractivity contribution in [3.8, 4) is 0 Å². The Morgan fingerprint density at radius 1 is 1.18 bits per heavy atom. The fraction of sp³-hybridized carbons (Fsp3) is 0.125. The van der Waals surface area contributed by atoms with Gasteiger partial charge in [-0.25, -0.2) is 4.98 Å². The SMILES string of the molecule is Cc1cccc2sc(NNC(=O)CSc3ccccc3)nc12. The third-order valence-electron chi connectivity index (χ3n) is 3.04. The highest BCUT2D eigenvalue weighted by molar-refractivity contribution is 8.00. The first kappa shape index (κ1) is 14.9. The Kier molecular flexibility index (Phi) is 4.60. The van der Waals surface area contributed by atoms with Gasteiger partial charge < -0.3 is 0 Å². The number of anilines is 1. The largest absolute Gasteiger partial charge is 0.273 e. The number of fused-ring (bicyclic) bond motifs is 1. The maximum Gasteiger partial charge on any atom is 0.248 e. The fourth-order valence-corrected chi connectivity index (χ4v) is 3.58. The molecule has 0 aliphatic rings. The number of carbonyl (C=O) groups is 1. The number of carbonyl (C=O) groups excluding carboxylic acids is 1. The van der Waals surface area contributed by atoms with E-state index in [0.29, 0.717) is 10.9 Å². The molecule has 0 unspecified atom stereocenters. The number of benzene rings is 2. The number of amides is 1. The van der Waals surface area contributed by atoms with E-state index in [1.807, 2.05) is 55.5 Å². The molecule has 0 aliphatic heterocycles. The summed E-state index contributed by atoms with van der Waals surface area (Å²) in [4.78, 5) is 17.4. The Balaban J connectivity index is 1.55. The predicted molar refractivity (Wildman–Crippen MR) is 93.3 cm³/mol. The zero-order valence-corrected chi connectivity index (χ0v) is 13.6. The quantitative estimate of drug-likeness (QED) is 0.551. The van der Waals surface area contributed by atoms with Gasteiger partial charge in [0.2, 0.25) is 11.0 Å². The third-order valence-corrected chi connectivity index (χ3v) is 4.99. The monoisotopic (exact) mass is 329 g/mol. The van der Waals surface area contributed by atoms with Gasteiger partial charge in [-0.05, 0) is 30.7 Å². The Bertz CT molecular complexity index is 786. The molecule has 0 fully saturated rings. The van der Waals surface area contributed by atoms with E-state index in [-0.39, 0.29) is 5.91 Å². The summed E-state index contributed by atoms with van der Waals surface area (Å²) in [5.74, 6) is 0.283. The van der Waals surface area contributed by atoms with Crippen LogP contribution >= 0.6 is 23.1 Å². The van der Waals surface area contributed by atoms with Crippen LogP contribution in [0.2, 0.25) is 0 Å². The molecule has 22 heavy (non-hydrogen) atoms. The van der Waals surface area contributed by atoms with E-state index < -0.39 is 0 Å². The number of thiazole rings is 1. The molecule has 2 N–H and O–H groups in total. The van der Waals surface area contributed by atoms with Crippen molar-refractivity contribution in [2.24, 2.45) is 0 Å². The number of hydrazine groups is 1. The third kappa shape index (κ3) is 3.58. The summed E-state index contributed by atoms with van der Waals surface area (Å²) >= 11 is 3.03. The summed E-state index contributed by atoms with van der Waals surface area (Å²) in [5.41, 5.74) is 7.69. The highest BCUT2D eigenvalue weighted by Crippen LogP contribution is 2.27. The first-order valence-corrected chi connectivity index (χ1v) is 8.61. The summed E-state index contributed by atoms with van der Waals surface area (Å²) in [5, 5.41) is 0.697. The molecule has 0 bridgehead atoms. The van der Waals surface area contributed by atoms with Gasteiger partial charge in [0.05, 0.1) is 16.0 Å². The summed E-state index contributed by atoms with van der Waals surface area (Å²) in [6, 6.07) is 15.9. The average molecular weight is 329 g/mol. The summed E-state index contributed by atoms with van der Waals surface area (Å²) in [7, 11) is 0. The molecule has 0 atom stereocenters. The van der Waals surface area contributed by atoms with E-state index in [9.17, 15) is 4.79 Å². The van der Waals surface area contributed by atoms with Crippen molar-refractivity contribution in [2.75, 3.05) is 11.2 Å². The highest BCUT2D eigenvalue weighted by atomic mass is 32.2. The number of nitrogens with one attached hydrogen (secondary N) is 2. The van der Waals surface area contributed by atoms with Crippen LogP contribution in [-0.4, -0.2) is 16.6 Å². The summed E-state index contributed by atoms with van der Waals surface area (Å²) in [6.45, 7) is 2.03. The van der Waals surface area contributed by atoms with E-state index in [1.54, 1.807) is 0 Å². The Hall–Kier alpha value is -2.05. The number of rotatable bonds is 5. The smallest absolute Gasteiger partial charge is 0.248 e. The van der Waals surface area contributed by atoms with E-state index in [4.69, 9.17) is 0 Å². The van der Waals surface area contributed by atoms with Gasteiger partial charge in [0, 0.05) is 4.90 Å². The van der Waals surface area contributed by atoms with E-state index >= 15 is 0 Å². The van der Waals surface area contributed by atoms with Crippen molar-refractivity contribution in [2.45, 2.75) is 11.8 Å². The second-order valence-electron chi connectivity index (χ2n) is 4.72. The average Bonchev–Trinajstić information content (AvgIpc) is 2.96. The van der Waals surface area contributed by atoms with Gasteiger partial charge in [0.15, 0.2) is 0 Å². The van der Waals surface area contributed by atoms with E-state index in [2.05, 4.69) is 15.8 Å². The normalized spacial score (nSPS) is 10.6. The zero-order chi connectivity index (χ0) is 15.4. The van der Waals surface area contributed by atoms with Crippen LogP contribution in [0.5, 0.6) is 0 Å². The molecule has 1 aromatic heterocycles. The van der Waals surface area contributed by atoms with Gasteiger partial charge >= 0.3 is 0 Å². The minimum absolute atomic E-state index is 0.0789. The molecule has 3 aromatic rings. The van der Waals surface area contributed by atoms with Crippen molar-refractivity contribution in [1.29, 1.82) is 0 Å². The molecule has 0 radical (unpaired) electrons. The second kappa shape index (κ2) is 6.81. The molecule has 112 valence electrons. The van der Waals surface area contributed by atoms with Crippen LogP contribution in [0.15, 0.2) is 53.4 Å². The van der Waals surface area contributed by atoms with Crippen LogP contribution in [-0.2, 0) is 4.79 Å². The van der Waals surface area contributed by atoms with Crippen molar-refractivity contribution >= 4 is 44.4 Å². The first-order chi connectivity index (χ1) is 10.7. The van der Waals surface area contributed by atoms with Gasteiger partial charge in [0.25, 0.3) is 0 Å². The molecule has 1 amide bonds. The number of para-hydroxylation sites is 1. The van der Waals surface area contributed by atoms with Crippen molar-refractivity contribution < 1.29 is 4.79 Å².